The molecule has 1 amide bonds. The summed E-state index contributed by atoms with van der Waals surface area (Å²) in [7, 11) is 0.0857. The van der Waals surface area contributed by atoms with Gasteiger partial charge in [-0.1, -0.05) is 6.42 Å². The van der Waals surface area contributed by atoms with E-state index in [0.29, 0.717) is 25.7 Å². The number of alkyl halides is 2. The fraction of sp³-hybridized carbons (Fsp3) is 0.944. The van der Waals surface area contributed by atoms with Crippen LogP contribution in [0.5, 0.6) is 0 Å². The van der Waals surface area contributed by atoms with Crippen molar-refractivity contribution in [2.24, 2.45) is 11.8 Å². The van der Waals surface area contributed by atoms with Crippen LogP contribution in [0.3, 0.4) is 0 Å². The Hall–Kier alpha value is -0.520. The van der Waals surface area contributed by atoms with Gasteiger partial charge in [-0.15, -0.1) is 16.4 Å². The smallest absolute Gasteiger partial charge is 0.241 e. The minimum Gasteiger partial charge on any atom is -0.317 e. The van der Waals surface area contributed by atoms with Gasteiger partial charge in [0.15, 0.2) is 0 Å². The Balaban J connectivity index is 1.58. The van der Waals surface area contributed by atoms with Crippen molar-refractivity contribution in [3.05, 3.63) is 0 Å². The minimum absolute atomic E-state index is 0.0662. The van der Waals surface area contributed by atoms with Gasteiger partial charge < -0.3 is 5.32 Å². The van der Waals surface area contributed by atoms with Crippen LogP contribution in [0.2, 0.25) is 0 Å². The average Bonchev–Trinajstić information content (AvgIpc) is 3.14. The molecule has 0 aromatic rings. The van der Waals surface area contributed by atoms with E-state index in [-0.39, 0.29) is 18.0 Å². The van der Waals surface area contributed by atoms with Crippen molar-refractivity contribution in [3.8, 4) is 0 Å². The number of carbonyl (C=O) groups excluding carboxylic acids is 1. The molecule has 1 heterocycles. The van der Waals surface area contributed by atoms with Crippen LogP contribution in [0.1, 0.15) is 38.5 Å². The highest BCUT2D eigenvalue weighted by atomic mass is 35.5. The number of carbonyl (C=O) groups is 1. The van der Waals surface area contributed by atoms with E-state index >= 15 is 0 Å². The van der Waals surface area contributed by atoms with Gasteiger partial charge in [0.2, 0.25) is 15.9 Å². The molecule has 0 bridgehead atoms. The Morgan fingerprint density at radius 2 is 2.00 bits per heavy atom. The first-order valence-electron chi connectivity index (χ1n) is 10.4. The zero-order chi connectivity index (χ0) is 21.2. The van der Waals surface area contributed by atoms with Crippen LogP contribution in [-0.4, -0.2) is 75.4 Å². The van der Waals surface area contributed by atoms with E-state index in [1.165, 1.54) is 0 Å². The number of hydrogen-bond acceptors (Lipinski definition) is 6. The highest BCUT2D eigenvalue weighted by molar-refractivity contribution is 7.90. The third kappa shape index (κ3) is 5.59. The van der Waals surface area contributed by atoms with Gasteiger partial charge in [0.25, 0.3) is 0 Å². The molecule has 29 heavy (non-hydrogen) atoms. The predicted molar refractivity (Wildman–Crippen MR) is 110 cm³/mol. The van der Waals surface area contributed by atoms with Crippen molar-refractivity contribution >= 4 is 27.5 Å². The van der Waals surface area contributed by atoms with E-state index in [1.54, 1.807) is 0 Å². The molecule has 0 radical (unpaired) electrons. The van der Waals surface area contributed by atoms with Crippen LogP contribution in [0.4, 0.5) is 4.39 Å². The first-order valence-corrected chi connectivity index (χ1v) is 12.4. The summed E-state index contributed by atoms with van der Waals surface area (Å²) in [6.45, 7) is 1.57. The maximum Gasteiger partial charge on any atom is 0.241 e. The van der Waals surface area contributed by atoms with E-state index < -0.39 is 38.6 Å². The molecule has 11 heteroatoms. The Labute approximate surface area is 177 Å². The molecule has 8 nitrogen and oxygen atoms in total. The second kappa shape index (κ2) is 9.74. The lowest BCUT2D eigenvalue weighted by Gasteiger charge is -2.37. The molecule has 0 aromatic heterocycles. The van der Waals surface area contributed by atoms with Gasteiger partial charge >= 0.3 is 0 Å². The zero-order valence-electron chi connectivity index (χ0n) is 17.0. The van der Waals surface area contributed by atoms with E-state index in [1.807, 2.05) is 14.1 Å². The Morgan fingerprint density at radius 1 is 1.24 bits per heavy atom. The standard InChI is InChI=1S/C18H33ClFN5O3S/c1-21-12-4-3-5-13(8-12)29(27,28)24-23-18(26)14-6-11(7-15(19)17(14)20)16-9-25(2)10-22-16/h11-17,21-22,24H,3-10H2,1-2H3,(H,23,26). The summed E-state index contributed by atoms with van der Waals surface area (Å²) in [5, 5.41) is 5.15. The number of hydrazine groups is 1. The molecule has 0 aromatic carbocycles. The zero-order valence-corrected chi connectivity index (χ0v) is 18.6. The van der Waals surface area contributed by atoms with Crippen molar-refractivity contribution in [3.63, 3.8) is 0 Å². The highest BCUT2D eigenvalue weighted by Crippen LogP contribution is 2.37. The predicted octanol–water partition coefficient (Wildman–Crippen LogP) is 0.300. The number of nitrogens with zero attached hydrogens (tertiary/aromatic N) is 1. The maximum absolute atomic E-state index is 14.7. The van der Waals surface area contributed by atoms with Gasteiger partial charge in [0.1, 0.15) is 6.17 Å². The lowest BCUT2D eigenvalue weighted by Crippen LogP contribution is -2.54. The van der Waals surface area contributed by atoms with Gasteiger partial charge in [0.05, 0.1) is 16.5 Å². The van der Waals surface area contributed by atoms with Crippen LogP contribution in [-0.2, 0) is 14.8 Å². The lowest BCUT2D eigenvalue weighted by atomic mass is 9.76. The van der Waals surface area contributed by atoms with Crippen LogP contribution in [0, 0.1) is 11.8 Å². The number of nitrogens with one attached hydrogen (secondary N) is 4. The van der Waals surface area contributed by atoms with E-state index in [4.69, 9.17) is 11.6 Å². The molecule has 2 saturated carbocycles. The molecule has 3 rings (SSSR count). The monoisotopic (exact) mass is 453 g/mol. The number of halogens is 2. The fourth-order valence-electron chi connectivity index (χ4n) is 4.84. The average molecular weight is 454 g/mol. The molecule has 7 unspecified atom stereocenters. The minimum atomic E-state index is -3.72. The topological polar surface area (TPSA) is 103 Å². The molecule has 3 fully saturated rings. The van der Waals surface area contributed by atoms with Crippen molar-refractivity contribution < 1.29 is 17.6 Å². The molecule has 7 atom stereocenters. The van der Waals surface area contributed by atoms with Crippen molar-refractivity contribution in [2.75, 3.05) is 27.3 Å². The number of rotatable bonds is 6. The molecule has 168 valence electrons. The van der Waals surface area contributed by atoms with Gasteiger partial charge in [-0.2, -0.15) is 0 Å². The molecule has 3 aliphatic rings. The van der Waals surface area contributed by atoms with Gasteiger partial charge in [-0.05, 0) is 52.1 Å². The first-order chi connectivity index (χ1) is 13.7. The van der Waals surface area contributed by atoms with Crippen LogP contribution in [0.15, 0.2) is 0 Å². The Morgan fingerprint density at radius 3 is 2.66 bits per heavy atom. The quantitative estimate of drug-likeness (QED) is 0.341. The summed E-state index contributed by atoms with van der Waals surface area (Å²) in [5.74, 6) is -1.55. The third-order valence-electron chi connectivity index (χ3n) is 6.64. The van der Waals surface area contributed by atoms with E-state index in [9.17, 15) is 17.6 Å². The molecular formula is C18H33ClFN5O3S. The molecular weight excluding hydrogens is 421 g/mol. The number of amides is 1. The van der Waals surface area contributed by atoms with Gasteiger partial charge in [0, 0.05) is 25.3 Å². The van der Waals surface area contributed by atoms with Gasteiger partial charge in [-0.3, -0.25) is 20.4 Å². The summed E-state index contributed by atoms with van der Waals surface area (Å²) >= 11 is 6.22. The van der Waals surface area contributed by atoms with E-state index in [0.717, 1.165) is 26.1 Å². The normalized spacial score (nSPS) is 39.4. The molecule has 0 spiro atoms. The summed E-state index contributed by atoms with van der Waals surface area (Å²) in [6.07, 6.45) is 2.11. The van der Waals surface area contributed by atoms with Crippen LogP contribution in [0.25, 0.3) is 0 Å². The first kappa shape index (κ1) is 23.1. The summed E-state index contributed by atoms with van der Waals surface area (Å²) in [6, 6.07) is 0.297. The Bertz CT molecular complexity index is 684. The number of sulfonamides is 1. The van der Waals surface area contributed by atoms with Gasteiger partial charge in [-0.25, -0.2) is 12.8 Å². The molecule has 2 aliphatic carbocycles. The largest absolute Gasteiger partial charge is 0.317 e. The molecule has 4 N–H and O–H groups in total. The number of likely N-dealkylation sites (N-methyl/N-ethyl adjacent to an activating group) is 1. The third-order valence-corrected chi connectivity index (χ3v) is 8.75. The maximum atomic E-state index is 14.7. The van der Waals surface area contributed by atoms with Crippen LogP contribution < -0.4 is 20.9 Å². The molecule has 1 saturated heterocycles. The fourth-order valence-corrected chi connectivity index (χ4v) is 6.62. The van der Waals surface area contributed by atoms with Crippen LogP contribution >= 0.6 is 11.6 Å². The lowest BCUT2D eigenvalue weighted by molar-refractivity contribution is -0.129. The summed E-state index contributed by atoms with van der Waals surface area (Å²) in [5.41, 5.74) is 2.27. The highest BCUT2D eigenvalue weighted by Gasteiger charge is 2.44. The van der Waals surface area contributed by atoms with Crippen molar-refractivity contribution in [2.45, 2.75) is 67.4 Å². The summed E-state index contributed by atoms with van der Waals surface area (Å²) in [4.78, 5) is 17.0. The SMILES string of the molecule is CNC1CCCC(S(=O)(=O)NNC(=O)C2CC(C3CN(C)CN3)CC(Cl)C2F)C1. The van der Waals surface area contributed by atoms with E-state index in [2.05, 4.69) is 25.8 Å². The Kier molecular flexibility index (Phi) is 7.77. The second-order valence-corrected chi connectivity index (χ2v) is 11.2. The molecule has 1 aliphatic heterocycles. The number of hydrogen-bond donors (Lipinski definition) is 4. The van der Waals surface area contributed by atoms with Crippen molar-refractivity contribution in [1.82, 2.24) is 25.8 Å². The second-order valence-electron chi connectivity index (χ2n) is 8.72. The summed E-state index contributed by atoms with van der Waals surface area (Å²) < 4.78 is 39.9. The van der Waals surface area contributed by atoms with Crippen molar-refractivity contribution in [1.29, 1.82) is 0 Å².